The van der Waals surface area contributed by atoms with Crippen molar-refractivity contribution in [2.45, 2.75) is 25.7 Å². The predicted molar refractivity (Wildman–Crippen MR) is 70.4 cm³/mol. The number of ether oxygens (including phenoxy) is 1. The number of rotatable bonds is 4. The maximum atomic E-state index is 12.3. The summed E-state index contributed by atoms with van der Waals surface area (Å²) in [6, 6.07) is 6.99. The lowest BCUT2D eigenvalue weighted by molar-refractivity contribution is -0.143. The fraction of sp³-hybridized carbons (Fsp3) is 0.467. The zero-order chi connectivity index (χ0) is 13.8. The standard InChI is InChI=1S/C15H18O4/c1-19-13-7-5-10(6-8-13)14(16)11-3-2-4-12(9-11)15(17)18/h5-8,11-12H,2-4,9H2,1H3,(H,17,18)/t11-,12+/m0/s1. The van der Waals surface area contributed by atoms with E-state index in [1.54, 1.807) is 31.4 Å². The van der Waals surface area contributed by atoms with E-state index in [9.17, 15) is 9.59 Å². The molecule has 0 saturated heterocycles. The van der Waals surface area contributed by atoms with E-state index in [4.69, 9.17) is 9.84 Å². The molecule has 1 N–H and O–H groups in total. The lowest BCUT2D eigenvalue weighted by atomic mass is 9.78. The van der Waals surface area contributed by atoms with E-state index >= 15 is 0 Å². The molecule has 0 aromatic heterocycles. The minimum atomic E-state index is -0.785. The summed E-state index contributed by atoms with van der Waals surface area (Å²) in [5, 5.41) is 9.05. The van der Waals surface area contributed by atoms with Gasteiger partial charge < -0.3 is 9.84 Å². The number of hydrogen-bond acceptors (Lipinski definition) is 3. The van der Waals surface area contributed by atoms with Gasteiger partial charge in [-0.15, -0.1) is 0 Å². The van der Waals surface area contributed by atoms with Gasteiger partial charge in [0.25, 0.3) is 0 Å². The van der Waals surface area contributed by atoms with Gasteiger partial charge in [0.15, 0.2) is 5.78 Å². The van der Waals surface area contributed by atoms with Crippen LogP contribution in [-0.2, 0) is 4.79 Å². The van der Waals surface area contributed by atoms with Gasteiger partial charge >= 0.3 is 5.97 Å². The van der Waals surface area contributed by atoms with Crippen LogP contribution in [0.4, 0.5) is 0 Å². The molecule has 1 aromatic carbocycles. The Morgan fingerprint density at radius 3 is 2.37 bits per heavy atom. The molecule has 0 spiro atoms. The van der Waals surface area contributed by atoms with Crippen molar-refractivity contribution < 1.29 is 19.4 Å². The number of carbonyl (C=O) groups excluding carboxylic acids is 1. The zero-order valence-corrected chi connectivity index (χ0v) is 11.0. The highest BCUT2D eigenvalue weighted by Crippen LogP contribution is 2.31. The number of methoxy groups -OCH3 is 1. The third-order valence-corrected chi connectivity index (χ3v) is 3.77. The average Bonchev–Trinajstić information content (AvgIpc) is 2.46. The monoisotopic (exact) mass is 262 g/mol. The van der Waals surface area contributed by atoms with Crippen molar-refractivity contribution in [1.29, 1.82) is 0 Å². The van der Waals surface area contributed by atoms with Crippen molar-refractivity contribution in [3.63, 3.8) is 0 Å². The Morgan fingerprint density at radius 2 is 1.79 bits per heavy atom. The SMILES string of the molecule is COc1ccc(C(=O)[C@H]2CCC[C@@H](C(=O)O)C2)cc1. The fourth-order valence-corrected chi connectivity index (χ4v) is 2.64. The average molecular weight is 262 g/mol. The molecule has 2 rings (SSSR count). The van der Waals surface area contributed by atoms with Crippen molar-refractivity contribution in [2.75, 3.05) is 7.11 Å². The molecule has 4 nitrogen and oxygen atoms in total. The summed E-state index contributed by atoms with van der Waals surface area (Å²) >= 11 is 0. The zero-order valence-electron chi connectivity index (χ0n) is 11.0. The molecule has 0 radical (unpaired) electrons. The van der Waals surface area contributed by atoms with Crippen LogP contribution >= 0.6 is 0 Å². The number of hydrogen-bond donors (Lipinski definition) is 1. The molecule has 2 atom stereocenters. The van der Waals surface area contributed by atoms with E-state index in [-0.39, 0.29) is 17.6 Å². The van der Waals surface area contributed by atoms with Crippen LogP contribution in [0.25, 0.3) is 0 Å². The third kappa shape index (κ3) is 3.13. The summed E-state index contributed by atoms with van der Waals surface area (Å²) in [5.41, 5.74) is 0.636. The van der Waals surface area contributed by atoms with Gasteiger partial charge in [-0.2, -0.15) is 0 Å². The Kier molecular flexibility index (Phi) is 4.20. The summed E-state index contributed by atoms with van der Waals surface area (Å²) in [7, 11) is 1.58. The second kappa shape index (κ2) is 5.87. The van der Waals surface area contributed by atoms with Crippen LogP contribution in [0.15, 0.2) is 24.3 Å². The minimum absolute atomic E-state index is 0.0496. The van der Waals surface area contributed by atoms with Crippen molar-refractivity contribution in [1.82, 2.24) is 0 Å². The number of carboxylic acid groups (broad SMARTS) is 1. The summed E-state index contributed by atoms with van der Waals surface area (Å²) < 4.78 is 5.05. The van der Waals surface area contributed by atoms with Crippen molar-refractivity contribution in [3.05, 3.63) is 29.8 Å². The van der Waals surface area contributed by atoms with Crippen LogP contribution in [0, 0.1) is 11.8 Å². The van der Waals surface area contributed by atoms with E-state index < -0.39 is 5.97 Å². The van der Waals surface area contributed by atoms with E-state index in [1.807, 2.05) is 0 Å². The Hall–Kier alpha value is -1.84. The van der Waals surface area contributed by atoms with Gasteiger partial charge in [0.05, 0.1) is 13.0 Å². The van der Waals surface area contributed by atoms with Crippen LogP contribution in [-0.4, -0.2) is 24.0 Å². The molecular weight excluding hydrogens is 244 g/mol. The molecule has 1 aliphatic carbocycles. The van der Waals surface area contributed by atoms with Gasteiger partial charge in [0, 0.05) is 11.5 Å². The van der Waals surface area contributed by atoms with Crippen molar-refractivity contribution >= 4 is 11.8 Å². The van der Waals surface area contributed by atoms with E-state index in [0.717, 1.165) is 12.8 Å². The lowest BCUT2D eigenvalue weighted by Gasteiger charge is -2.25. The second-order valence-electron chi connectivity index (χ2n) is 4.99. The van der Waals surface area contributed by atoms with Gasteiger partial charge in [-0.05, 0) is 43.5 Å². The highest BCUT2D eigenvalue weighted by atomic mass is 16.5. The highest BCUT2D eigenvalue weighted by Gasteiger charge is 2.31. The summed E-state index contributed by atoms with van der Waals surface area (Å²) in [6.45, 7) is 0. The molecule has 0 unspecified atom stereocenters. The van der Waals surface area contributed by atoms with E-state index in [1.165, 1.54) is 0 Å². The molecule has 1 fully saturated rings. The Labute approximate surface area is 112 Å². The predicted octanol–water partition coefficient (Wildman–Crippen LogP) is 2.77. The minimum Gasteiger partial charge on any atom is -0.497 e. The maximum absolute atomic E-state index is 12.3. The number of benzene rings is 1. The van der Waals surface area contributed by atoms with Crippen LogP contribution in [0.1, 0.15) is 36.0 Å². The first-order valence-corrected chi connectivity index (χ1v) is 6.53. The van der Waals surface area contributed by atoms with E-state index in [0.29, 0.717) is 24.2 Å². The van der Waals surface area contributed by atoms with Gasteiger partial charge in [-0.25, -0.2) is 0 Å². The van der Waals surface area contributed by atoms with E-state index in [2.05, 4.69) is 0 Å². The first-order chi connectivity index (χ1) is 9.11. The number of Topliss-reactive ketones (excluding diaryl/α,β-unsaturated/α-hetero) is 1. The van der Waals surface area contributed by atoms with Gasteiger partial charge in [0.2, 0.25) is 0 Å². The summed E-state index contributed by atoms with van der Waals surface area (Å²) in [6.07, 6.45) is 2.74. The Morgan fingerprint density at radius 1 is 1.16 bits per heavy atom. The summed E-state index contributed by atoms with van der Waals surface area (Å²) in [4.78, 5) is 23.3. The molecule has 0 amide bonds. The van der Waals surface area contributed by atoms with Crippen LogP contribution in [0.3, 0.4) is 0 Å². The molecule has 1 aliphatic rings. The molecule has 19 heavy (non-hydrogen) atoms. The first-order valence-electron chi connectivity index (χ1n) is 6.53. The molecule has 0 heterocycles. The molecular formula is C15H18O4. The largest absolute Gasteiger partial charge is 0.497 e. The third-order valence-electron chi connectivity index (χ3n) is 3.77. The Bertz CT molecular complexity index is 464. The van der Waals surface area contributed by atoms with Crippen molar-refractivity contribution in [3.8, 4) is 5.75 Å². The van der Waals surface area contributed by atoms with Crippen LogP contribution in [0.2, 0.25) is 0 Å². The first kappa shape index (κ1) is 13.6. The number of carboxylic acids is 1. The molecule has 1 saturated carbocycles. The topological polar surface area (TPSA) is 63.6 Å². The summed E-state index contributed by atoms with van der Waals surface area (Å²) in [5.74, 6) is -0.561. The van der Waals surface area contributed by atoms with Crippen LogP contribution < -0.4 is 4.74 Å². The van der Waals surface area contributed by atoms with Crippen LogP contribution in [0.5, 0.6) is 5.75 Å². The lowest BCUT2D eigenvalue weighted by Crippen LogP contribution is -2.27. The smallest absolute Gasteiger partial charge is 0.306 e. The second-order valence-corrected chi connectivity index (χ2v) is 4.99. The molecule has 1 aromatic rings. The van der Waals surface area contributed by atoms with Gasteiger partial charge in [0.1, 0.15) is 5.75 Å². The number of carbonyl (C=O) groups is 2. The highest BCUT2D eigenvalue weighted by molar-refractivity contribution is 5.98. The maximum Gasteiger partial charge on any atom is 0.306 e. The van der Waals surface area contributed by atoms with Gasteiger partial charge in [-0.3, -0.25) is 9.59 Å². The quantitative estimate of drug-likeness (QED) is 0.847. The molecule has 4 heteroatoms. The molecule has 102 valence electrons. The molecule has 0 aliphatic heterocycles. The number of ketones is 1. The molecule has 0 bridgehead atoms. The van der Waals surface area contributed by atoms with Gasteiger partial charge in [-0.1, -0.05) is 6.42 Å². The Balaban J connectivity index is 2.07. The number of aliphatic carboxylic acids is 1. The fourth-order valence-electron chi connectivity index (χ4n) is 2.64. The normalized spacial score (nSPS) is 22.8. The van der Waals surface area contributed by atoms with Crippen molar-refractivity contribution in [2.24, 2.45) is 11.8 Å².